The minimum absolute atomic E-state index is 0.0265. The number of hydrogen-bond acceptors (Lipinski definition) is 4. The maximum Gasteiger partial charge on any atom is 0.151 e. The predicted octanol–water partition coefficient (Wildman–Crippen LogP) is 1.09. The van der Waals surface area contributed by atoms with Gasteiger partial charge < -0.3 is 10.4 Å². The summed E-state index contributed by atoms with van der Waals surface area (Å²) in [7, 11) is -2.90. The number of sulfone groups is 1. The van der Waals surface area contributed by atoms with Crippen molar-refractivity contribution in [3.8, 4) is 0 Å². The SMILES string of the molecule is CCCS(=O)(=O)CCNCc1cccc(CO)c1. The molecule has 1 rings (SSSR count). The van der Waals surface area contributed by atoms with Crippen LogP contribution in [0.2, 0.25) is 0 Å². The third kappa shape index (κ3) is 5.62. The molecular formula is C13H21NO3S. The Bertz CT molecular complexity index is 457. The Balaban J connectivity index is 2.33. The van der Waals surface area contributed by atoms with Gasteiger partial charge in [0, 0.05) is 18.8 Å². The lowest BCUT2D eigenvalue weighted by atomic mass is 10.1. The molecule has 4 nitrogen and oxygen atoms in total. The Morgan fingerprint density at radius 2 is 1.94 bits per heavy atom. The fourth-order valence-electron chi connectivity index (χ4n) is 1.71. The van der Waals surface area contributed by atoms with Gasteiger partial charge in [0.1, 0.15) is 0 Å². The molecule has 2 N–H and O–H groups in total. The van der Waals surface area contributed by atoms with Crippen molar-refractivity contribution in [3.63, 3.8) is 0 Å². The number of rotatable bonds is 8. The summed E-state index contributed by atoms with van der Waals surface area (Å²) in [4.78, 5) is 0. The molecule has 0 amide bonds. The van der Waals surface area contributed by atoms with Crippen molar-refractivity contribution in [1.29, 1.82) is 0 Å². The van der Waals surface area contributed by atoms with Crippen LogP contribution in [0, 0.1) is 0 Å². The van der Waals surface area contributed by atoms with Crippen molar-refractivity contribution >= 4 is 9.84 Å². The van der Waals surface area contributed by atoms with Gasteiger partial charge in [0.2, 0.25) is 0 Å². The third-order valence-electron chi connectivity index (χ3n) is 2.61. The average Bonchev–Trinajstić information content (AvgIpc) is 2.35. The van der Waals surface area contributed by atoms with Crippen LogP contribution in [-0.2, 0) is 23.0 Å². The normalized spacial score (nSPS) is 11.7. The molecule has 0 aliphatic carbocycles. The second-order valence-corrected chi connectivity index (χ2v) is 6.61. The molecule has 1 aromatic carbocycles. The van der Waals surface area contributed by atoms with Crippen LogP contribution in [-0.4, -0.2) is 31.6 Å². The van der Waals surface area contributed by atoms with E-state index in [1.165, 1.54) is 0 Å². The fourth-order valence-corrected chi connectivity index (χ4v) is 2.99. The highest BCUT2D eigenvalue weighted by atomic mass is 32.2. The standard InChI is InChI=1S/C13H21NO3S/c1-2-7-18(16,17)8-6-14-10-12-4-3-5-13(9-12)11-15/h3-5,9,14-15H,2,6-8,10-11H2,1H3. The minimum atomic E-state index is -2.90. The van der Waals surface area contributed by atoms with Gasteiger partial charge in [-0.25, -0.2) is 8.42 Å². The van der Waals surface area contributed by atoms with Gasteiger partial charge in [0.15, 0.2) is 9.84 Å². The van der Waals surface area contributed by atoms with Crippen molar-refractivity contribution in [2.45, 2.75) is 26.5 Å². The van der Waals surface area contributed by atoms with Crippen LogP contribution in [0.3, 0.4) is 0 Å². The summed E-state index contributed by atoms with van der Waals surface area (Å²) in [5.74, 6) is 0.440. The number of nitrogens with one attached hydrogen (secondary N) is 1. The number of hydrogen-bond donors (Lipinski definition) is 2. The van der Waals surface area contributed by atoms with E-state index in [1.807, 2.05) is 31.2 Å². The molecule has 0 atom stereocenters. The molecule has 0 aromatic heterocycles. The summed E-state index contributed by atoms with van der Waals surface area (Å²) in [6.07, 6.45) is 0.668. The van der Waals surface area contributed by atoms with Crippen LogP contribution in [0.1, 0.15) is 24.5 Å². The highest BCUT2D eigenvalue weighted by Gasteiger charge is 2.07. The molecule has 18 heavy (non-hydrogen) atoms. The second kappa shape index (κ2) is 7.51. The molecule has 0 saturated carbocycles. The zero-order chi connectivity index (χ0) is 13.4. The maximum atomic E-state index is 11.5. The highest BCUT2D eigenvalue weighted by molar-refractivity contribution is 7.91. The Labute approximate surface area is 109 Å². The van der Waals surface area contributed by atoms with E-state index in [4.69, 9.17) is 5.11 Å². The maximum absolute atomic E-state index is 11.5. The van der Waals surface area contributed by atoms with Gasteiger partial charge in [-0.2, -0.15) is 0 Å². The van der Waals surface area contributed by atoms with E-state index in [1.54, 1.807) is 0 Å². The van der Waals surface area contributed by atoms with E-state index >= 15 is 0 Å². The van der Waals surface area contributed by atoms with E-state index < -0.39 is 9.84 Å². The summed E-state index contributed by atoms with van der Waals surface area (Å²) < 4.78 is 22.9. The Kier molecular flexibility index (Phi) is 6.32. The van der Waals surface area contributed by atoms with E-state index in [9.17, 15) is 8.42 Å². The van der Waals surface area contributed by atoms with Gasteiger partial charge in [-0.3, -0.25) is 0 Å². The van der Waals surface area contributed by atoms with Crippen molar-refractivity contribution in [2.75, 3.05) is 18.1 Å². The molecule has 0 spiro atoms. The van der Waals surface area contributed by atoms with Crippen molar-refractivity contribution < 1.29 is 13.5 Å². The highest BCUT2D eigenvalue weighted by Crippen LogP contribution is 2.04. The van der Waals surface area contributed by atoms with Gasteiger partial charge in [0.25, 0.3) is 0 Å². The molecule has 0 radical (unpaired) electrons. The number of aliphatic hydroxyl groups is 1. The first-order valence-corrected chi connectivity index (χ1v) is 7.99. The third-order valence-corrected chi connectivity index (χ3v) is 4.46. The molecule has 0 fully saturated rings. The van der Waals surface area contributed by atoms with Crippen LogP contribution in [0.15, 0.2) is 24.3 Å². The van der Waals surface area contributed by atoms with Crippen LogP contribution in [0.25, 0.3) is 0 Å². The minimum Gasteiger partial charge on any atom is -0.392 e. The largest absolute Gasteiger partial charge is 0.392 e. The molecular weight excluding hydrogens is 250 g/mol. The van der Waals surface area contributed by atoms with E-state index in [2.05, 4.69) is 5.32 Å². The quantitative estimate of drug-likeness (QED) is 0.695. The molecule has 0 bridgehead atoms. The zero-order valence-corrected chi connectivity index (χ0v) is 11.5. The van der Waals surface area contributed by atoms with Gasteiger partial charge in [-0.05, 0) is 17.5 Å². The second-order valence-electron chi connectivity index (χ2n) is 4.31. The Morgan fingerprint density at radius 1 is 1.22 bits per heavy atom. The van der Waals surface area contributed by atoms with Crippen LogP contribution in [0.5, 0.6) is 0 Å². The topological polar surface area (TPSA) is 66.4 Å². The summed E-state index contributed by atoms with van der Waals surface area (Å²) in [6, 6.07) is 7.60. The van der Waals surface area contributed by atoms with Gasteiger partial charge in [0.05, 0.1) is 12.4 Å². The molecule has 0 saturated heterocycles. The average molecular weight is 271 g/mol. The van der Waals surface area contributed by atoms with Crippen molar-refractivity contribution in [3.05, 3.63) is 35.4 Å². The Morgan fingerprint density at radius 3 is 2.61 bits per heavy atom. The predicted molar refractivity (Wildman–Crippen MR) is 73.0 cm³/mol. The van der Waals surface area contributed by atoms with Crippen LogP contribution >= 0.6 is 0 Å². The van der Waals surface area contributed by atoms with Gasteiger partial charge in [-0.15, -0.1) is 0 Å². The molecule has 5 heteroatoms. The first-order chi connectivity index (χ1) is 8.57. The summed E-state index contributed by atoms with van der Waals surface area (Å²) in [6.45, 7) is 2.98. The van der Waals surface area contributed by atoms with E-state index in [0.29, 0.717) is 19.5 Å². The Hall–Kier alpha value is -0.910. The lowest BCUT2D eigenvalue weighted by molar-refractivity contribution is 0.281. The lowest BCUT2D eigenvalue weighted by Crippen LogP contribution is -2.24. The smallest absolute Gasteiger partial charge is 0.151 e. The summed E-state index contributed by atoms with van der Waals surface area (Å²) in [5, 5.41) is 12.1. The molecule has 0 aliphatic heterocycles. The summed E-state index contributed by atoms with van der Waals surface area (Å²) in [5.41, 5.74) is 1.92. The molecule has 1 aromatic rings. The van der Waals surface area contributed by atoms with Gasteiger partial charge >= 0.3 is 0 Å². The monoisotopic (exact) mass is 271 g/mol. The molecule has 0 unspecified atom stereocenters. The lowest BCUT2D eigenvalue weighted by Gasteiger charge is -2.06. The fraction of sp³-hybridized carbons (Fsp3) is 0.538. The summed E-state index contributed by atoms with van der Waals surface area (Å²) >= 11 is 0. The van der Waals surface area contributed by atoms with E-state index in [0.717, 1.165) is 11.1 Å². The van der Waals surface area contributed by atoms with Gasteiger partial charge in [-0.1, -0.05) is 31.2 Å². The molecule has 102 valence electrons. The number of aliphatic hydroxyl groups excluding tert-OH is 1. The van der Waals surface area contributed by atoms with Crippen LogP contribution < -0.4 is 5.32 Å². The van der Waals surface area contributed by atoms with Crippen molar-refractivity contribution in [1.82, 2.24) is 5.32 Å². The van der Waals surface area contributed by atoms with Crippen molar-refractivity contribution in [2.24, 2.45) is 0 Å². The number of benzene rings is 1. The molecule has 0 aliphatic rings. The first-order valence-electron chi connectivity index (χ1n) is 6.17. The van der Waals surface area contributed by atoms with Crippen LogP contribution in [0.4, 0.5) is 0 Å². The van der Waals surface area contributed by atoms with E-state index in [-0.39, 0.29) is 18.1 Å². The first kappa shape index (κ1) is 15.1. The zero-order valence-electron chi connectivity index (χ0n) is 10.7. The molecule has 0 heterocycles.